The molecular formula is C24H27FN4O2. The summed E-state index contributed by atoms with van der Waals surface area (Å²) in [5, 5.41) is 3.91. The third-order valence-corrected chi connectivity index (χ3v) is 5.82. The summed E-state index contributed by atoms with van der Waals surface area (Å²) in [6.45, 7) is 9.08. The number of carbonyl (C=O) groups excluding carboxylic acids is 2. The lowest BCUT2D eigenvalue weighted by Gasteiger charge is -2.31. The normalized spacial score (nSPS) is 14.3. The SMILES string of the molecule is CC(C)N(C(=O)c1cc(F)ccc1-n1cc(C(=O)C2CNC2)c2ccncc21)C(C)C. The summed E-state index contributed by atoms with van der Waals surface area (Å²) >= 11 is 0. The molecule has 1 N–H and O–H groups in total. The van der Waals surface area contributed by atoms with E-state index in [9.17, 15) is 14.0 Å². The van der Waals surface area contributed by atoms with E-state index in [-0.39, 0.29) is 35.3 Å². The summed E-state index contributed by atoms with van der Waals surface area (Å²) in [5.41, 5.74) is 2.09. The van der Waals surface area contributed by atoms with E-state index in [0.717, 1.165) is 5.39 Å². The maximum atomic E-state index is 14.2. The summed E-state index contributed by atoms with van der Waals surface area (Å²) in [6.07, 6.45) is 5.08. The van der Waals surface area contributed by atoms with Crippen LogP contribution in [-0.2, 0) is 0 Å². The van der Waals surface area contributed by atoms with E-state index < -0.39 is 5.82 Å². The van der Waals surface area contributed by atoms with E-state index in [2.05, 4.69) is 10.3 Å². The number of nitrogens with zero attached hydrogens (tertiary/aromatic N) is 3. The van der Waals surface area contributed by atoms with Crippen LogP contribution < -0.4 is 5.32 Å². The van der Waals surface area contributed by atoms with Gasteiger partial charge in [0.15, 0.2) is 5.78 Å². The quantitative estimate of drug-likeness (QED) is 0.613. The molecule has 0 bridgehead atoms. The highest BCUT2D eigenvalue weighted by Gasteiger charge is 2.30. The zero-order valence-electron chi connectivity index (χ0n) is 18.2. The van der Waals surface area contributed by atoms with Crippen LogP contribution in [0.1, 0.15) is 48.4 Å². The van der Waals surface area contributed by atoms with Crippen LogP contribution in [0, 0.1) is 11.7 Å². The molecule has 0 spiro atoms. The number of halogens is 1. The molecule has 1 aliphatic heterocycles. The largest absolute Gasteiger partial charge is 0.334 e. The Morgan fingerprint density at radius 1 is 1.13 bits per heavy atom. The highest BCUT2D eigenvalue weighted by Crippen LogP contribution is 2.30. The van der Waals surface area contributed by atoms with Gasteiger partial charge in [-0.1, -0.05) is 0 Å². The van der Waals surface area contributed by atoms with E-state index in [1.54, 1.807) is 34.1 Å². The van der Waals surface area contributed by atoms with Gasteiger partial charge in [0.1, 0.15) is 5.82 Å². The molecule has 1 amide bonds. The monoisotopic (exact) mass is 422 g/mol. The number of nitrogens with one attached hydrogen (secondary N) is 1. The van der Waals surface area contributed by atoms with E-state index in [1.807, 2.05) is 33.8 Å². The van der Waals surface area contributed by atoms with Crippen molar-refractivity contribution in [2.24, 2.45) is 5.92 Å². The third-order valence-electron chi connectivity index (χ3n) is 5.82. The average molecular weight is 423 g/mol. The smallest absolute Gasteiger partial charge is 0.256 e. The van der Waals surface area contributed by atoms with Crippen LogP contribution in [0.5, 0.6) is 0 Å². The molecule has 1 saturated heterocycles. The molecule has 1 aromatic carbocycles. The Kier molecular flexibility index (Phi) is 5.62. The lowest BCUT2D eigenvalue weighted by atomic mass is 9.93. The van der Waals surface area contributed by atoms with E-state index in [1.165, 1.54) is 12.1 Å². The van der Waals surface area contributed by atoms with E-state index in [4.69, 9.17) is 0 Å². The summed E-state index contributed by atoms with van der Waals surface area (Å²) in [7, 11) is 0. The lowest BCUT2D eigenvalue weighted by molar-refractivity contribution is 0.0643. The van der Waals surface area contributed by atoms with Crippen LogP contribution >= 0.6 is 0 Å². The second-order valence-corrected chi connectivity index (χ2v) is 8.59. The predicted molar refractivity (Wildman–Crippen MR) is 118 cm³/mol. The Hall–Kier alpha value is -3.06. The number of hydrogen-bond donors (Lipinski definition) is 1. The molecule has 7 heteroatoms. The Labute approximate surface area is 181 Å². The van der Waals surface area contributed by atoms with Gasteiger partial charge in [-0.15, -0.1) is 0 Å². The standard InChI is InChI=1S/C24H27FN4O2/c1-14(2)29(15(3)4)24(31)19-9-17(25)5-6-21(19)28-13-20(23(30)16-10-27-11-16)18-7-8-26-12-22(18)28/h5-9,12-16,27H,10-11H2,1-4H3. The first kappa shape index (κ1) is 21.2. The molecule has 0 atom stereocenters. The Morgan fingerprint density at radius 3 is 2.45 bits per heavy atom. The molecular weight excluding hydrogens is 395 g/mol. The second-order valence-electron chi connectivity index (χ2n) is 8.59. The van der Waals surface area contributed by atoms with Crippen LogP contribution in [0.4, 0.5) is 4.39 Å². The van der Waals surface area contributed by atoms with Crippen LogP contribution in [0.2, 0.25) is 0 Å². The summed E-state index contributed by atoms with van der Waals surface area (Å²) in [6, 6.07) is 5.91. The number of fused-ring (bicyclic) bond motifs is 1. The van der Waals surface area contributed by atoms with Crippen molar-refractivity contribution in [1.29, 1.82) is 0 Å². The summed E-state index contributed by atoms with van der Waals surface area (Å²) < 4.78 is 16.0. The number of pyridine rings is 1. The van der Waals surface area contributed by atoms with E-state index >= 15 is 0 Å². The fraction of sp³-hybridized carbons (Fsp3) is 0.375. The molecule has 31 heavy (non-hydrogen) atoms. The number of carbonyl (C=O) groups is 2. The van der Waals surface area contributed by atoms with Crippen molar-refractivity contribution in [3.8, 4) is 5.69 Å². The molecule has 1 aliphatic rings. The molecule has 0 saturated carbocycles. The molecule has 6 nitrogen and oxygen atoms in total. The second kappa shape index (κ2) is 8.23. The molecule has 3 aromatic rings. The molecule has 3 heterocycles. The van der Waals surface area contributed by atoms with Crippen molar-refractivity contribution >= 4 is 22.6 Å². The number of ketones is 1. The Morgan fingerprint density at radius 2 is 1.84 bits per heavy atom. The van der Waals surface area contributed by atoms with Gasteiger partial charge < -0.3 is 14.8 Å². The minimum absolute atomic E-state index is 0.0463. The molecule has 0 unspecified atom stereocenters. The predicted octanol–water partition coefficient (Wildman–Crippen LogP) is 3.83. The molecule has 0 radical (unpaired) electrons. The fourth-order valence-corrected chi connectivity index (χ4v) is 4.26. The Bertz CT molecular complexity index is 1140. The molecule has 2 aromatic heterocycles. The van der Waals surface area contributed by atoms with E-state index in [0.29, 0.717) is 29.9 Å². The van der Waals surface area contributed by atoms with Gasteiger partial charge in [0.25, 0.3) is 5.91 Å². The number of aromatic nitrogens is 2. The van der Waals surface area contributed by atoms with Gasteiger partial charge in [0, 0.05) is 54.4 Å². The number of hydrogen-bond acceptors (Lipinski definition) is 4. The minimum Gasteiger partial charge on any atom is -0.334 e. The van der Waals surface area contributed by atoms with Crippen molar-refractivity contribution < 1.29 is 14.0 Å². The van der Waals surface area contributed by atoms with Crippen molar-refractivity contribution in [3.63, 3.8) is 0 Å². The highest BCUT2D eigenvalue weighted by molar-refractivity contribution is 6.10. The van der Waals surface area contributed by atoms with Crippen LogP contribution in [0.15, 0.2) is 42.9 Å². The first-order valence-corrected chi connectivity index (χ1v) is 10.6. The van der Waals surface area contributed by atoms with Crippen LogP contribution in [0.25, 0.3) is 16.6 Å². The number of Topliss-reactive ketones (excluding diaryl/α,β-unsaturated/α-hetero) is 1. The van der Waals surface area contributed by atoms with Gasteiger partial charge >= 0.3 is 0 Å². The average Bonchev–Trinajstić information content (AvgIpc) is 3.05. The van der Waals surface area contributed by atoms with Crippen molar-refractivity contribution in [3.05, 3.63) is 59.8 Å². The number of benzene rings is 1. The number of rotatable bonds is 6. The molecule has 0 aliphatic carbocycles. The van der Waals surface area contributed by atoms with Gasteiger partial charge in [-0.3, -0.25) is 14.6 Å². The van der Waals surface area contributed by atoms with Crippen molar-refractivity contribution in [2.75, 3.05) is 13.1 Å². The van der Waals surface area contributed by atoms with Gasteiger partial charge in [0.2, 0.25) is 0 Å². The zero-order chi connectivity index (χ0) is 22.3. The molecule has 162 valence electrons. The van der Waals surface area contributed by atoms with Gasteiger partial charge in [-0.2, -0.15) is 0 Å². The van der Waals surface area contributed by atoms with Gasteiger partial charge in [-0.25, -0.2) is 4.39 Å². The van der Waals surface area contributed by atoms with Crippen LogP contribution in [0.3, 0.4) is 0 Å². The van der Waals surface area contributed by atoms with Crippen molar-refractivity contribution in [2.45, 2.75) is 39.8 Å². The third kappa shape index (κ3) is 3.74. The maximum Gasteiger partial charge on any atom is 0.256 e. The van der Waals surface area contributed by atoms with Gasteiger partial charge in [0.05, 0.1) is 23.0 Å². The number of amides is 1. The first-order chi connectivity index (χ1) is 14.8. The lowest BCUT2D eigenvalue weighted by Crippen LogP contribution is -2.46. The van der Waals surface area contributed by atoms with Crippen LogP contribution in [-0.4, -0.2) is 51.3 Å². The Balaban J connectivity index is 1.89. The fourth-order valence-electron chi connectivity index (χ4n) is 4.26. The summed E-state index contributed by atoms with van der Waals surface area (Å²) in [5.74, 6) is -0.721. The van der Waals surface area contributed by atoms with Gasteiger partial charge in [-0.05, 0) is 52.0 Å². The molecule has 4 rings (SSSR count). The summed E-state index contributed by atoms with van der Waals surface area (Å²) in [4.78, 5) is 32.5. The highest BCUT2D eigenvalue weighted by atomic mass is 19.1. The topological polar surface area (TPSA) is 67.2 Å². The minimum atomic E-state index is -0.481. The maximum absolute atomic E-state index is 14.2. The first-order valence-electron chi connectivity index (χ1n) is 10.6. The van der Waals surface area contributed by atoms with Crippen molar-refractivity contribution in [1.82, 2.24) is 19.8 Å². The zero-order valence-corrected chi connectivity index (χ0v) is 18.2. The molecule has 1 fully saturated rings.